The zero-order chi connectivity index (χ0) is 18.4. The highest BCUT2D eigenvalue weighted by Gasteiger charge is 2.23. The van der Waals surface area contributed by atoms with Crippen LogP contribution in [0.2, 0.25) is 0 Å². The molecule has 0 aliphatic heterocycles. The fraction of sp³-hybridized carbons (Fsp3) is 0.381. The minimum absolute atomic E-state index is 0.00887. The summed E-state index contributed by atoms with van der Waals surface area (Å²) in [6.07, 6.45) is 3.15. The first-order valence-electron chi connectivity index (χ1n) is 8.72. The number of carbonyl (C=O) groups is 2. The molecule has 1 unspecified atom stereocenters. The normalized spacial score (nSPS) is 12.2. The van der Waals surface area contributed by atoms with E-state index in [0.717, 1.165) is 17.5 Å². The maximum Gasteiger partial charge on any atom is 0.306 e. The minimum Gasteiger partial charge on any atom is -0.481 e. The molecule has 0 aliphatic carbocycles. The van der Waals surface area contributed by atoms with Gasteiger partial charge in [-0.05, 0) is 36.0 Å². The summed E-state index contributed by atoms with van der Waals surface area (Å²) in [5.74, 6) is -1.57. The quantitative estimate of drug-likeness (QED) is 0.712. The van der Waals surface area contributed by atoms with Crippen molar-refractivity contribution in [3.05, 3.63) is 53.9 Å². The Morgan fingerprint density at radius 1 is 1.04 bits per heavy atom. The Morgan fingerprint density at radius 3 is 2.16 bits per heavy atom. The minimum atomic E-state index is -0.922. The van der Waals surface area contributed by atoms with Crippen LogP contribution in [0.4, 0.5) is 0 Å². The molecule has 0 bridgehead atoms. The number of carboxylic acid groups (broad SMARTS) is 1. The molecule has 2 aromatic rings. The van der Waals surface area contributed by atoms with E-state index in [1.165, 1.54) is 5.56 Å². The van der Waals surface area contributed by atoms with Crippen LogP contribution in [0.5, 0.6) is 0 Å². The van der Waals surface area contributed by atoms with Crippen LogP contribution in [-0.4, -0.2) is 21.8 Å². The van der Waals surface area contributed by atoms with Gasteiger partial charge in [0, 0.05) is 18.2 Å². The van der Waals surface area contributed by atoms with Gasteiger partial charge in [0.15, 0.2) is 5.78 Å². The highest BCUT2D eigenvalue weighted by atomic mass is 16.4. The van der Waals surface area contributed by atoms with Crippen LogP contribution in [0, 0.1) is 11.8 Å². The van der Waals surface area contributed by atoms with Gasteiger partial charge in [0.2, 0.25) is 0 Å². The molecule has 1 N–H and O–H groups in total. The van der Waals surface area contributed by atoms with Crippen molar-refractivity contribution in [2.45, 2.75) is 40.0 Å². The molecule has 132 valence electrons. The molecule has 2 rings (SSSR count). The van der Waals surface area contributed by atoms with E-state index in [1.54, 1.807) is 12.3 Å². The number of hydrogen-bond donors (Lipinski definition) is 1. The van der Waals surface area contributed by atoms with Crippen LogP contribution < -0.4 is 0 Å². The van der Waals surface area contributed by atoms with Gasteiger partial charge in [-0.2, -0.15) is 0 Å². The van der Waals surface area contributed by atoms with Crippen molar-refractivity contribution in [1.82, 2.24) is 4.98 Å². The second-order valence-electron chi connectivity index (χ2n) is 6.77. The molecule has 1 aromatic heterocycles. The van der Waals surface area contributed by atoms with E-state index < -0.39 is 11.9 Å². The van der Waals surface area contributed by atoms with Crippen molar-refractivity contribution >= 4 is 11.8 Å². The van der Waals surface area contributed by atoms with Crippen molar-refractivity contribution in [2.24, 2.45) is 11.8 Å². The summed E-state index contributed by atoms with van der Waals surface area (Å²) < 4.78 is 0. The molecule has 0 radical (unpaired) electrons. The Bertz CT molecular complexity index is 718. The summed E-state index contributed by atoms with van der Waals surface area (Å²) in [6.45, 7) is 6.02. The van der Waals surface area contributed by atoms with Gasteiger partial charge in [-0.15, -0.1) is 0 Å². The Morgan fingerprint density at radius 2 is 1.68 bits per heavy atom. The van der Waals surface area contributed by atoms with Crippen molar-refractivity contribution in [2.75, 3.05) is 0 Å². The lowest BCUT2D eigenvalue weighted by Gasteiger charge is -2.13. The van der Waals surface area contributed by atoms with Crippen molar-refractivity contribution in [3.8, 4) is 11.1 Å². The number of aromatic nitrogens is 1. The molecule has 0 aliphatic rings. The number of hydrogen-bond acceptors (Lipinski definition) is 3. The van der Waals surface area contributed by atoms with E-state index in [2.05, 4.69) is 24.0 Å². The van der Waals surface area contributed by atoms with Crippen LogP contribution in [0.25, 0.3) is 11.1 Å². The van der Waals surface area contributed by atoms with Crippen LogP contribution in [0.15, 0.2) is 42.6 Å². The highest BCUT2D eigenvalue weighted by molar-refractivity contribution is 5.96. The number of pyridine rings is 1. The molecule has 25 heavy (non-hydrogen) atoms. The number of ketones is 1. The molecule has 0 spiro atoms. The summed E-state index contributed by atoms with van der Waals surface area (Å²) in [7, 11) is 0. The van der Waals surface area contributed by atoms with Crippen molar-refractivity contribution in [3.63, 3.8) is 0 Å². The average Bonchev–Trinajstić information content (AvgIpc) is 2.61. The van der Waals surface area contributed by atoms with Gasteiger partial charge in [-0.1, -0.05) is 51.1 Å². The second kappa shape index (κ2) is 8.56. The van der Waals surface area contributed by atoms with Crippen LogP contribution >= 0.6 is 0 Å². The van der Waals surface area contributed by atoms with Crippen LogP contribution in [0.1, 0.15) is 49.7 Å². The number of aliphatic carboxylic acids is 1. The molecule has 0 saturated heterocycles. The topological polar surface area (TPSA) is 67.3 Å². The van der Waals surface area contributed by atoms with E-state index >= 15 is 0 Å². The third-order valence-electron chi connectivity index (χ3n) is 4.28. The van der Waals surface area contributed by atoms with Crippen LogP contribution in [0.3, 0.4) is 0 Å². The van der Waals surface area contributed by atoms with Crippen LogP contribution in [-0.2, 0) is 11.2 Å². The zero-order valence-electron chi connectivity index (χ0n) is 15.0. The first-order valence-corrected chi connectivity index (χ1v) is 8.72. The number of benzene rings is 1. The van der Waals surface area contributed by atoms with E-state index in [-0.39, 0.29) is 18.1 Å². The van der Waals surface area contributed by atoms with Crippen molar-refractivity contribution < 1.29 is 14.7 Å². The third-order valence-corrected chi connectivity index (χ3v) is 4.28. The third kappa shape index (κ3) is 5.24. The lowest BCUT2D eigenvalue weighted by molar-refractivity contribution is -0.142. The Hall–Kier alpha value is -2.49. The first-order chi connectivity index (χ1) is 11.9. The van der Waals surface area contributed by atoms with Gasteiger partial charge in [0.05, 0.1) is 5.92 Å². The Labute approximate surface area is 148 Å². The summed E-state index contributed by atoms with van der Waals surface area (Å²) in [6, 6.07) is 11.8. The molecule has 1 atom stereocenters. The van der Waals surface area contributed by atoms with E-state index in [0.29, 0.717) is 12.1 Å². The molecular formula is C21H25NO3. The molecule has 0 saturated carbocycles. The number of nitrogens with zero attached hydrogens (tertiary/aromatic N) is 1. The van der Waals surface area contributed by atoms with Gasteiger partial charge >= 0.3 is 5.97 Å². The SMILES string of the molecule is CCc1ccc(-c2ccc(C(=O)CC(CC(C)C)C(=O)O)nc2)cc1. The van der Waals surface area contributed by atoms with Gasteiger partial charge < -0.3 is 5.11 Å². The predicted molar refractivity (Wildman–Crippen MR) is 98.6 cm³/mol. The Kier molecular flexibility index (Phi) is 6.45. The fourth-order valence-electron chi connectivity index (χ4n) is 2.83. The van der Waals surface area contributed by atoms with Gasteiger partial charge in [0.1, 0.15) is 5.69 Å². The summed E-state index contributed by atoms with van der Waals surface area (Å²) in [5, 5.41) is 9.28. The summed E-state index contributed by atoms with van der Waals surface area (Å²) >= 11 is 0. The Balaban J connectivity index is 2.09. The first kappa shape index (κ1) is 18.8. The molecule has 4 heteroatoms. The number of rotatable bonds is 8. The zero-order valence-corrected chi connectivity index (χ0v) is 15.0. The maximum atomic E-state index is 12.3. The highest BCUT2D eigenvalue weighted by Crippen LogP contribution is 2.21. The molecule has 1 aromatic carbocycles. The standard InChI is InChI=1S/C21H25NO3/c1-4-15-5-7-16(8-6-15)17-9-10-19(22-13-17)20(23)12-18(21(24)25)11-14(2)3/h5-10,13-14,18H,4,11-12H2,1-3H3,(H,24,25). The van der Waals surface area contributed by atoms with E-state index in [4.69, 9.17) is 0 Å². The number of aryl methyl sites for hydroxylation is 1. The van der Waals surface area contributed by atoms with Gasteiger partial charge in [-0.25, -0.2) is 0 Å². The fourth-order valence-corrected chi connectivity index (χ4v) is 2.83. The lowest BCUT2D eigenvalue weighted by Crippen LogP contribution is -2.20. The van der Waals surface area contributed by atoms with Gasteiger partial charge in [-0.3, -0.25) is 14.6 Å². The molecule has 4 nitrogen and oxygen atoms in total. The molecule has 0 amide bonds. The summed E-state index contributed by atoms with van der Waals surface area (Å²) in [4.78, 5) is 27.9. The van der Waals surface area contributed by atoms with Crippen molar-refractivity contribution in [1.29, 1.82) is 0 Å². The smallest absolute Gasteiger partial charge is 0.306 e. The predicted octanol–water partition coefficient (Wildman–Crippen LogP) is 4.63. The maximum absolute atomic E-state index is 12.3. The van der Waals surface area contributed by atoms with Gasteiger partial charge in [0.25, 0.3) is 0 Å². The number of carbonyl (C=O) groups excluding carboxylic acids is 1. The largest absolute Gasteiger partial charge is 0.481 e. The molecule has 0 fully saturated rings. The second-order valence-corrected chi connectivity index (χ2v) is 6.77. The number of Topliss-reactive ketones (excluding diaryl/α,β-unsaturated/α-hetero) is 1. The average molecular weight is 339 g/mol. The lowest BCUT2D eigenvalue weighted by atomic mass is 9.91. The monoisotopic (exact) mass is 339 g/mol. The number of carboxylic acids is 1. The summed E-state index contributed by atoms with van der Waals surface area (Å²) in [5.41, 5.74) is 3.58. The molecular weight excluding hydrogens is 314 g/mol. The molecule has 1 heterocycles. The van der Waals surface area contributed by atoms with E-state index in [1.807, 2.05) is 32.0 Å². The van der Waals surface area contributed by atoms with E-state index in [9.17, 15) is 14.7 Å².